The number of hydrogen-bond acceptors (Lipinski definition) is 3. The van der Waals surface area contributed by atoms with Crippen molar-refractivity contribution < 1.29 is 13.2 Å². The van der Waals surface area contributed by atoms with Crippen LogP contribution in [0.2, 0.25) is 0 Å². The summed E-state index contributed by atoms with van der Waals surface area (Å²) in [5, 5.41) is 11.7. The Morgan fingerprint density at radius 3 is 2.67 bits per heavy atom. The Labute approximate surface area is 120 Å². The molecule has 1 aromatic carbocycles. The zero-order valence-electron chi connectivity index (χ0n) is 11.2. The molecule has 1 aromatic heterocycles. The fourth-order valence-corrected chi connectivity index (χ4v) is 1.83. The standard InChI is InChI=1S/C15H12F3N3/c1-10-2-3-12(15(16,17)18)7-14(10)21-9-11-4-5-20-13(6-11)8-19/h2-7,21H,9H2,1H3. The second-order valence-electron chi connectivity index (χ2n) is 4.54. The first kappa shape index (κ1) is 14.9. The van der Waals surface area contributed by atoms with Crippen LogP contribution in [0.15, 0.2) is 36.5 Å². The van der Waals surface area contributed by atoms with Gasteiger partial charge in [-0.2, -0.15) is 18.4 Å². The molecule has 0 saturated heterocycles. The van der Waals surface area contributed by atoms with Crippen molar-refractivity contribution in [3.63, 3.8) is 0 Å². The van der Waals surface area contributed by atoms with E-state index in [1.165, 1.54) is 12.3 Å². The number of nitrogens with one attached hydrogen (secondary N) is 1. The molecule has 0 amide bonds. The Morgan fingerprint density at radius 2 is 2.00 bits per heavy atom. The van der Waals surface area contributed by atoms with Crippen molar-refractivity contribution in [2.45, 2.75) is 19.6 Å². The number of anilines is 1. The van der Waals surface area contributed by atoms with E-state index in [4.69, 9.17) is 5.26 Å². The molecule has 0 aliphatic heterocycles. The minimum atomic E-state index is -4.37. The molecule has 0 spiro atoms. The van der Waals surface area contributed by atoms with Crippen molar-refractivity contribution in [3.8, 4) is 6.07 Å². The average Bonchev–Trinajstić information content (AvgIpc) is 2.45. The van der Waals surface area contributed by atoms with Crippen LogP contribution < -0.4 is 5.32 Å². The number of halogens is 3. The van der Waals surface area contributed by atoms with Crippen LogP contribution in [0, 0.1) is 18.3 Å². The van der Waals surface area contributed by atoms with Crippen LogP contribution in [-0.4, -0.2) is 4.98 Å². The van der Waals surface area contributed by atoms with Crippen molar-refractivity contribution in [1.82, 2.24) is 4.98 Å². The first-order chi connectivity index (χ1) is 9.90. The molecule has 2 rings (SSSR count). The molecule has 0 saturated carbocycles. The van der Waals surface area contributed by atoms with E-state index >= 15 is 0 Å². The van der Waals surface area contributed by atoms with Crippen molar-refractivity contribution in [2.75, 3.05) is 5.32 Å². The molecule has 108 valence electrons. The summed E-state index contributed by atoms with van der Waals surface area (Å²) < 4.78 is 38.1. The van der Waals surface area contributed by atoms with Crippen LogP contribution in [0.5, 0.6) is 0 Å². The van der Waals surface area contributed by atoms with E-state index in [0.717, 1.165) is 23.3 Å². The maximum atomic E-state index is 12.7. The second-order valence-corrected chi connectivity index (χ2v) is 4.54. The highest BCUT2D eigenvalue weighted by Gasteiger charge is 2.30. The molecule has 2 aromatic rings. The van der Waals surface area contributed by atoms with Gasteiger partial charge in [0.15, 0.2) is 0 Å². The summed E-state index contributed by atoms with van der Waals surface area (Å²) in [5.74, 6) is 0. The van der Waals surface area contributed by atoms with E-state index in [9.17, 15) is 13.2 Å². The second kappa shape index (κ2) is 5.83. The van der Waals surface area contributed by atoms with Crippen molar-refractivity contribution in [2.24, 2.45) is 0 Å². The number of nitriles is 1. The SMILES string of the molecule is Cc1ccc(C(F)(F)F)cc1NCc1ccnc(C#N)c1. The lowest BCUT2D eigenvalue weighted by atomic mass is 10.1. The van der Waals surface area contributed by atoms with Crippen LogP contribution in [0.4, 0.5) is 18.9 Å². The van der Waals surface area contributed by atoms with Crippen LogP contribution >= 0.6 is 0 Å². The monoisotopic (exact) mass is 291 g/mol. The smallest absolute Gasteiger partial charge is 0.381 e. The minimum absolute atomic E-state index is 0.273. The molecular formula is C15H12F3N3. The molecule has 1 N–H and O–H groups in total. The van der Waals surface area contributed by atoms with Crippen molar-refractivity contribution >= 4 is 5.69 Å². The predicted octanol–water partition coefficient (Wildman–Crippen LogP) is 3.89. The lowest BCUT2D eigenvalue weighted by molar-refractivity contribution is -0.137. The molecule has 6 heteroatoms. The average molecular weight is 291 g/mol. The lowest BCUT2D eigenvalue weighted by Crippen LogP contribution is -2.07. The van der Waals surface area contributed by atoms with E-state index in [1.807, 2.05) is 6.07 Å². The number of aryl methyl sites for hydroxylation is 1. The number of nitrogens with zero attached hydrogens (tertiary/aromatic N) is 2. The molecule has 1 heterocycles. The number of pyridine rings is 1. The van der Waals surface area contributed by atoms with Crippen LogP contribution in [-0.2, 0) is 12.7 Å². The molecule has 0 unspecified atom stereocenters. The third-order valence-corrected chi connectivity index (χ3v) is 2.99. The molecule has 3 nitrogen and oxygen atoms in total. The van der Waals surface area contributed by atoms with Gasteiger partial charge in [0.05, 0.1) is 5.56 Å². The first-order valence-corrected chi connectivity index (χ1v) is 6.17. The molecule has 0 aliphatic rings. The lowest BCUT2D eigenvalue weighted by Gasteiger charge is -2.13. The van der Waals surface area contributed by atoms with E-state index in [2.05, 4.69) is 10.3 Å². The van der Waals surface area contributed by atoms with Gasteiger partial charge in [0, 0.05) is 18.4 Å². The molecule has 0 bridgehead atoms. The normalized spacial score (nSPS) is 11.0. The zero-order valence-corrected chi connectivity index (χ0v) is 11.2. The van der Waals surface area contributed by atoms with Gasteiger partial charge >= 0.3 is 6.18 Å². The van der Waals surface area contributed by atoms with E-state index < -0.39 is 11.7 Å². The van der Waals surface area contributed by atoms with Gasteiger partial charge in [-0.3, -0.25) is 0 Å². The number of alkyl halides is 3. The minimum Gasteiger partial charge on any atom is -0.381 e. The van der Waals surface area contributed by atoms with Gasteiger partial charge in [-0.05, 0) is 42.3 Å². The predicted molar refractivity (Wildman–Crippen MR) is 72.5 cm³/mol. The van der Waals surface area contributed by atoms with Crippen molar-refractivity contribution in [3.05, 3.63) is 58.9 Å². The van der Waals surface area contributed by atoms with E-state index in [0.29, 0.717) is 12.2 Å². The summed E-state index contributed by atoms with van der Waals surface area (Å²) in [6, 6.07) is 8.79. The van der Waals surface area contributed by atoms with Crippen molar-refractivity contribution in [1.29, 1.82) is 5.26 Å². The largest absolute Gasteiger partial charge is 0.416 e. The number of rotatable bonds is 3. The maximum Gasteiger partial charge on any atom is 0.416 e. The first-order valence-electron chi connectivity index (χ1n) is 6.17. The van der Waals surface area contributed by atoms with Crippen LogP contribution in [0.25, 0.3) is 0 Å². The number of hydrogen-bond donors (Lipinski definition) is 1. The molecule has 0 radical (unpaired) electrons. The highest BCUT2D eigenvalue weighted by atomic mass is 19.4. The summed E-state index contributed by atoms with van der Waals surface area (Å²) in [6.07, 6.45) is -2.87. The molecule has 0 fully saturated rings. The quantitative estimate of drug-likeness (QED) is 0.933. The zero-order chi connectivity index (χ0) is 15.5. The highest BCUT2D eigenvalue weighted by Crippen LogP contribution is 2.32. The summed E-state index contributed by atoms with van der Waals surface area (Å²) in [4.78, 5) is 3.84. The van der Waals surface area contributed by atoms with Gasteiger partial charge in [0.1, 0.15) is 11.8 Å². The summed E-state index contributed by atoms with van der Waals surface area (Å²) in [6.45, 7) is 2.05. The summed E-state index contributed by atoms with van der Waals surface area (Å²) in [7, 11) is 0. The molecule has 0 aliphatic carbocycles. The highest BCUT2D eigenvalue weighted by molar-refractivity contribution is 5.53. The molecular weight excluding hydrogens is 279 g/mol. The maximum absolute atomic E-state index is 12.7. The van der Waals surface area contributed by atoms with Gasteiger partial charge in [-0.15, -0.1) is 0 Å². The Balaban J connectivity index is 2.18. The third-order valence-electron chi connectivity index (χ3n) is 2.99. The Bertz CT molecular complexity index is 687. The van der Waals surface area contributed by atoms with Gasteiger partial charge in [-0.1, -0.05) is 6.07 Å². The summed E-state index contributed by atoms with van der Waals surface area (Å²) in [5.41, 5.74) is 1.49. The third kappa shape index (κ3) is 3.72. The van der Waals surface area contributed by atoms with Gasteiger partial charge in [-0.25, -0.2) is 4.98 Å². The topological polar surface area (TPSA) is 48.7 Å². The number of aromatic nitrogens is 1. The van der Waals surface area contributed by atoms with Gasteiger partial charge in [0.25, 0.3) is 0 Å². The molecule has 0 atom stereocenters. The number of benzene rings is 1. The summed E-state index contributed by atoms with van der Waals surface area (Å²) >= 11 is 0. The van der Waals surface area contributed by atoms with E-state index in [1.54, 1.807) is 19.1 Å². The van der Waals surface area contributed by atoms with Gasteiger partial charge in [0.2, 0.25) is 0 Å². The van der Waals surface area contributed by atoms with Crippen LogP contribution in [0.1, 0.15) is 22.4 Å². The Kier molecular flexibility index (Phi) is 4.13. The van der Waals surface area contributed by atoms with Gasteiger partial charge < -0.3 is 5.32 Å². The Hall–Kier alpha value is -2.55. The Morgan fingerprint density at radius 1 is 1.24 bits per heavy atom. The fourth-order valence-electron chi connectivity index (χ4n) is 1.83. The van der Waals surface area contributed by atoms with E-state index in [-0.39, 0.29) is 5.69 Å². The molecule has 21 heavy (non-hydrogen) atoms. The fraction of sp³-hybridized carbons (Fsp3) is 0.200. The van der Waals surface area contributed by atoms with Crippen LogP contribution in [0.3, 0.4) is 0 Å².